The van der Waals surface area contributed by atoms with Crippen LogP contribution in [0.1, 0.15) is 13.8 Å². The van der Waals surface area contributed by atoms with Gasteiger partial charge in [0, 0.05) is 23.5 Å². The van der Waals surface area contributed by atoms with Gasteiger partial charge in [0.2, 0.25) is 0 Å². The lowest BCUT2D eigenvalue weighted by Crippen LogP contribution is -2.35. The van der Waals surface area contributed by atoms with Crippen LogP contribution in [0.15, 0.2) is 0 Å². The molecule has 80 valence electrons. The Morgan fingerprint density at radius 3 is 1.62 bits per heavy atom. The van der Waals surface area contributed by atoms with Crippen molar-refractivity contribution in [3.8, 4) is 0 Å². The Hall–Kier alpha value is -0.860. The van der Waals surface area contributed by atoms with Gasteiger partial charge in [0.25, 0.3) is 0 Å². The summed E-state index contributed by atoms with van der Waals surface area (Å²) in [6.07, 6.45) is 0. The molecule has 0 saturated carbocycles. The molecule has 0 spiro atoms. The Morgan fingerprint density at radius 1 is 1.38 bits per heavy atom. The fourth-order valence-corrected chi connectivity index (χ4v) is 0.564. The standard InChI is InChI=1S/C5H13N3.H2O4S/c1-3-8(4-2)5(6)7;1-5(2,3)4/h3-4H2,1-2H3,(H3,6,7);(H2,1,2,3,4)/p-2. The molecule has 0 aliphatic heterocycles. The molecule has 0 radical (unpaired) electrons. The number of rotatable bonds is 2. The normalized spacial score (nSPS) is 9.85. The van der Waals surface area contributed by atoms with Crippen LogP contribution >= 0.6 is 0 Å². The van der Waals surface area contributed by atoms with Crippen LogP contribution in [0.25, 0.3) is 0 Å². The third kappa shape index (κ3) is 18.3. The predicted molar refractivity (Wildman–Crippen MR) is 45.3 cm³/mol. The predicted octanol–water partition coefficient (Wildman–Crippen LogP) is -1.12. The smallest absolute Gasteiger partial charge is 0.188 e. The summed E-state index contributed by atoms with van der Waals surface area (Å²) in [5, 5.41) is 6.96. The van der Waals surface area contributed by atoms with Gasteiger partial charge in [0.1, 0.15) is 0 Å². The van der Waals surface area contributed by atoms with Gasteiger partial charge < -0.3 is 19.7 Å². The molecule has 0 aromatic heterocycles. The van der Waals surface area contributed by atoms with Gasteiger partial charge in [-0.15, -0.1) is 0 Å². The van der Waals surface area contributed by atoms with E-state index in [1.807, 2.05) is 13.8 Å². The lowest BCUT2D eigenvalue weighted by molar-refractivity contribution is 0.352. The number of nitrogens with two attached hydrogens (primary N) is 1. The van der Waals surface area contributed by atoms with Gasteiger partial charge in [-0.2, -0.15) is 0 Å². The molecule has 0 aliphatic rings. The summed E-state index contributed by atoms with van der Waals surface area (Å²) in [6.45, 7) is 5.60. The molecule has 0 fully saturated rings. The monoisotopic (exact) mass is 211 g/mol. The Balaban J connectivity index is 0. The van der Waals surface area contributed by atoms with E-state index in [4.69, 9.17) is 28.7 Å². The van der Waals surface area contributed by atoms with Crippen molar-refractivity contribution in [1.82, 2.24) is 4.90 Å². The fourth-order valence-electron chi connectivity index (χ4n) is 0.564. The summed E-state index contributed by atoms with van der Waals surface area (Å²) in [7, 11) is -5.17. The second-order valence-corrected chi connectivity index (χ2v) is 2.78. The molecule has 0 aliphatic carbocycles. The molecule has 0 atom stereocenters. The molecule has 0 amide bonds. The second-order valence-electron chi connectivity index (χ2n) is 1.97. The third-order valence-electron chi connectivity index (χ3n) is 1.10. The zero-order chi connectivity index (χ0) is 11.1. The van der Waals surface area contributed by atoms with Gasteiger partial charge in [0.15, 0.2) is 5.96 Å². The summed E-state index contributed by atoms with van der Waals surface area (Å²) in [5.41, 5.74) is 5.17. The Kier molecular flexibility index (Phi) is 7.48. The highest BCUT2D eigenvalue weighted by molar-refractivity contribution is 7.79. The minimum atomic E-state index is -5.17. The molecule has 0 heterocycles. The van der Waals surface area contributed by atoms with Crippen LogP contribution in [-0.2, 0) is 10.4 Å². The van der Waals surface area contributed by atoms with Gasteiger partial charge in [-0.3, -0.25) is 13.8 Å². The molecular formula is C5H13N3O4S-2. The largest absolute Gasteiger partial charge is 0.759 e. The number of hydrogen-bond donors (Lipinski definition) is 2. The average Bonchev–Trinajstić information content (AvgIpc) is 1.85. The van der Waals surface area contributed by atoms with Gasteiger partial charge >= 0.3 is 0 Å². The summed E-state index contributed by atoms with van der Waals surface area (Å²) in [4.78, 5) is 1.78. The van der Waals surface area contributed by atoms with Crippen molar-refractivity contribution < 1.29 is 17.5 Å². The average molecular weight is 211 g/mol. The Morgan fingerprint density at radius 2 is 1.62 bits per heavy atom. The van der Waals surface area contributed by atoms with E-state index in [0.29, 0.717) is 0 Å². The van der Waals surface area contributed by atoms with E-state index in [2.05, 4.69) is 0 Å². The maximum absolute atomic E-state index is 8.52. The van der Waals surface area contributed by atoms with Crippen LogP contribution in [0.4, 0.5) is 0 Å². The first kappa shape index (κ1) is 14.7. The summed E-state index contributed by atoms with van der Waals surface area (Å²) >= 11 is 0. The highest BCUT2D eigenvalue weighted by Gasteiger charge is 1.96. The van der Waals surface area contributed by atoms with Gasteiger partial charge in [-0.1, -0.05) is 0 Å². The highest BCUT2D eigenvalue weighted by atomic mass is 32.3. The summed E-state index contributed by atoms with van der Waals surface area (Å²) in [5.74, 6) is 0.162. The van der Waals surface area contributed by atoms with E-state index >= 15 is 0 Å². The number of guanidine groups is 1. The molecule has 0 unspecified atom stereocenters. The highest BCUT2D eigenvalue weighted by Crippen LogP contribution is 1.81. The molecule has 0 saturated heterocycles. The van der Waals surface area contributed by atoms with Gasteiger partial charge in [-0.05, 0) is 13.8 Å². The Bertz CT molecular complexity index is 226. The zero-order valence-corrected chi connectivity index (χ0v) is 8.30. The van der Waals surface area contributed by atoms with Crippen molar-refractivity contribution >= 4 is 16.4 Å². The molecule has 0 rings (SSSR count). The van der Waals surface area contributed by atoms with E-state index in [0.717, 1.165) is 13.1 Å². The molecule has 3 N–H and O–H groups in total. The van der Waals surface area contributed by atoms with Gasteiger partial charge in [0.05, 0.1) is 0 Å². The van der Waals surface area contributed by atoms with E-state index in [9.17, 15) is 0 Å². The van der Waals surface area contributed by atoms with Crippen LogP contribution in [0.5, 0.6) is 0 Å². The maximum Gasteiger partial charge on any atom is 0.188 e. The zero-order valence-electron chi connectivity index (χ0n) is 7.48. The van der Waals surface area contributed by atoms with Crippen LogP contribution in [-0.4, -0.2) is 41.5 Å². The van der Waals surface area contributed by atoms with Crippen LogP contribution in [0.3, 0.4) is 0 Å². The summed E-state index contributed by atoms with van der Waals surface area (Å²) < 4.78 is 34.1. The van der Waals surface area contributed by atoms with Crippen molar-refractivity contribution in [2.75, 3.05) is 13.1 Å². The topological polar surface area (TPSA) is 133 Å². The van der Waals surface area contributed by atoms with Crippen LogP contribution in [0, 0.1) is 5.41 Å². The first-order valence-electron chi connectivity index (χ1n) is 3.48. The summed E-state index contributed by atoms with van der Waals surface area (Å²) in [6, 6.07) is 0. The Labute approximate surface area is 77.6 Å². The van der Waals surface area contributed by atoms with Crippen molar-refractivity contribution in [2.24, 2.45) is 5.73 Å². The van der Waals surface area contributed by atoms with Crippen molar-refractivity contribution in [1.29, 1.82) is 5.41 Å². The lowest BCUT2D eigenvalue weighted by atomic mass is 10.5. The first-order valence-corrected chi connectivity index (χ1v) is 4.81. The molecule has 7 nitrogen and oxygen atoms in total. The van der Waals surface area contributed by atoms with E-state index in [1.54, 1.807) is 4.90 Å². The minimum Gasteiger partial charge on any atom is -0.759 e. The number of hydrogen-bond acceptors (Lipinski definition) is 5. The maximum atomic E-state index is 8.52. The number of nitrogens with one attached hydrogen (secondary N) is 1. The van der Waals surface area contributed by atoms with Crippen molar-refractivity contribution in [2.45, 2.75) is 13.8 Å². The number of nitrogens with zero attached hydrogens (tertiary/aromatic N) is 1. The van der Waals surface area contributed by atoms with Gasteiger partial charge in [-0.25, -0.2) is 0 Å². The van der Waals surface area contributed by atoms with E-state index < -0.39 is 10.4 Å². The SMILES string of the molecule is CCN(CC)C(=N)N.O=S(=O)([O-])[O-]. The molecule has 0 aromatic carbocycles. The molecular weight excluding hydrogens is 198 g/mol. The van der Waals surface area contributed by atoms with Crippen LogP contribution < -0.4 is 5.73 Å². The second kappa shape index (κ2) is 6.63. The lowest BCUT2D eigenvalue weighted by Gasteiger charge is -2.16. The fraction of sp³-hybridized carbons (Fsp3) is 0.800. The van der Waals surface area contributed by atoms with E-state index in [-0.39, 0.29) is 5.96 Å². The molecule has 0 bridgehead atoms. The molecule has 0 aromatic rings. The van der Waals surface area contributed by atoms with E-state index in [1.165, 1.54) is 0 Å². The minimum absolute atomic E-state index is 0.162. The van der Waals surface area contributed by atoms with Crippen LogP contribution in [0.2, 0.25) is 0 Å². The quantitative estimate of drug-likeness (QED) is 0.257. The molecule has 8 heteroatoms. The third-order valence-corrected chi connectivity index (χ3v) is 1.10. The molecule has 13 heavy (non-hydrogen) atoms. The van der Waals surface area contributed by atoms with Crippen molar-refractivity contribution in [3.05, 3.63) is 0 Å². The van der Waals surface area contributed by atoms with Crippen molar-refractivity contribution in [3.63, 3.8) is 0 Å². The first-order chi connectivity index (χ1) is 5.72.